The lowest BCUT2D eigenvalue weighted by Gasteiger charge is -2.02. The average molecular weight is 198 g/mol. The van der Waals surface area contributed by atoms with Crippen LogP contribution in [0.3, 0.4) is 0 Å². The van der Waals surface area contributed by atoms with Gasteiger partial charge in [0.2, 0.25) is 0 Å². The molecular formula is C9H14N2OS. The van der Waals surface area contributed by atoms with Crippen LogP contribution in [0.5, 0.6) is 0 Å². The van der Waals surface area contributed by atoms with Crippen LogP contribution in [0.4, 0.5) is 0 Å². The predicted octanol–water partition coefficient (Wildman–Crippen LogP) is 1.10. The predicted molar refractivity (Wildman–Crippen MR) is 55.1 cm³/mol. The van der Waals surface area contributed by atoms with Gasteiger partial charge in [-0.05, 0) is 12.1 Å². The van der Waals surface area contributed by atoms with Crippen LogP contribution in [0.25, 0.3) is 0 Å². The maximum atomic E-state index is 11.9. The molecule has 0 aliphatic carbocycles. The van der Waals surface area contributed by atoms with E-state index in [1.807, 2.05) is 30.3 Å². The quantitative estimate of drug-likeness (QED) is 0.790. The molecule has 0 aromatic heterocycles. The Labute approximate surface area is 79.1 Å². The van der Waals surface area contributed by atoms with E-state index in [-0.39, 0.29) is 0 Å². The third-order valence-corrected chi connectivity index (χ3v) is 3.47. The highest BCUT2D eigenvalue weighted by Crippen LogP contribution is 2.09. The van der Waals surface area contributed by atoms with Gasteiger partial charge in [-0.3, -0.25) is 0 Å². The van der Waals surface area contributed by atoms with Crippen LogP contribution < -0.4 is 5.73 Å². The number of hydrogen-bond donors (Lipinski definition) is 1. The van der Waals surface area contributed by atoms with Crippen LogP contribution >= 0.6 is 0 Å². The normalized spacial score (nSPS) is 14.9. The number of nitrogens with two attached hydrogens (primary N) is 1. The standard InChI is InChI=1S/C9H14N2OS/c1-13(12,11-8-7-10)9-5-3-2-4-6-9/h2-6H,7-8,10H2,1H3. The Morgan fingerprint density at radius 1 is 1.38 bits per heavy atom. The summed E-state index contributed by atoms with van der Waals surface area (Å²) in [6.45, 7) is 0.891. The highest BCUT2D eigenvalue weighted by Gasteiger charge is 2.02. The van der Waals surface area contributed by atoms with Crippen LogP contribution in [0.1, 0.15) is 0 Å². The third kappa shape index (κ3) is 2.82. The monoisotopic (exact) mass is 198 g/mol. The van der Waals surface area contributed by atoms with Crippen molar-refractivity contribution in [1.82, 2.24) is 0 Å². The number of rotatable bonds is 3. The topological polar surface area (TPSA) is 55.5 Å². The van der Waals surface area contributed by atoms with E-state index < -0.39 is 9.73 Å². The summed E-state index contributed by atoms with van der Waals surface area (Å²) >= 11 is 0. The molecule has 2 N–H and O–H groups in total. The van der Waals surface area contributed by atoms with Crippen molar-refractivity contribution < 1.29 is 4.21 Å². The fourth-order valence-corrected chi connectivity index (χ4v) is 2.24. The second kappa shape index (κ2) is 4.39. The van der Waals surface area contributed by atoms with Gasteiger partial charge >= 0.3 is 0 Å². The average Bonchev–Trinajstić information content (AvgIpc) is 2.16. The Bertz CT molecular complexity index is 366. The van der Waals surface area contributed by atoms with Crippen molar-refractivity contribution in [3.05, 3.63) is 30.3 Å². The summed E-state index contributed by atoms with van der Waals surface area (Å²) in [6.07, 6.45) is 1.64. The molecule has 0 saturated carbocycles. The summed E-state index contributed by atoms with van der Waals surface area (Å²) in [7, 11) is -2.23. The van der Waals surface area contributed by atoms with Crippen LogP contribution in [0.2, 0.25) is 0 Å². The SMILES string of the molecule is CS(=O)(=NCCN)c1ccccc1. The van der Waals surface area contributed by atoms with Crippen molar-refractivity contribution in [3.8, 4) is 0 Å². The second-order valence-electron chi connectivity index (χ2n) is 2.76. The van der Waals surface area contributed by atoms with E-state index in [2.05, 4.69) is 4.36 Å². The first-order valence-corrected chi connectivity index (χ1v) is 6.02. The van der Waals surface area contributed by atoms with Gasteiger partial charge in [-0.15, -0.1) is 0 Å². The van der Waals surface area contributed by atoms with Crippen molar-refractivity contribution in [3.63, 3.8) is 0 Å². The minimum atomic E-state index is -2.23. The molecule has 4 heteroatoms. The highest BCUT2D eigenvalue weighted by atomic mass is 32.2. The van der Waals surface area contributed by atoms with E-state index in [9.17, 15) is 4.21 Å². The zero-order valence-electron chi connectivity index (χ0n) is 7.64. The molecule has 0 saturated heterocycles. The first-order valence-electron chi connectivity index (χ1n) is 4.10. The minimum Gasteiger partial charge on any atom is -0.329 e. The maximum absolute atomic E-state index is 11.9. The van der Waals surface area contributed by atoms with E-state index in [4.69, 9.17) is 5.73 Å². The fourth-order valence-electron chi connectivity index (χ4n) is 0.974. The van der Waals surface area contributed by atoms with Gasteiger partial charge in [0, 0.05) is 17.7 Å². The molecule has 3 nitrogen and oxygen atoms in total. The van der Waals surface area contributed by atoms with Crippen LogP contribution in [-0.4, -0.2) is 23.6 Å². The summed E-state index contributed by atoms with van der Waals surface area (Å²) in [5, 5.41) is 0. The lowest BCUT2D eigenvalue weighted by Crippen LogP contribution is -2.06. The lowest BCUT2D eigenvalue weighted by molar-refractivity contribution is 0.678. The molecule has 1 rings (SSSR count). The van der Waals surface area contributed by atoms with Gasteiger partial charge in [-0.2, -0.15) is 0 Å². The zero-order chi connectivity index (χ0) is 9.73. The Kier molecular flexibility index (Phi) is 3.45. The van der Waals surface area contributed by atoms with Crippen molar-refractivity contribution in [1.29, 1.82) is 0 Å². The Balaban J connectivity index is 3.01. The van der Waals surface area contributed by atoms with E-state index in [1.54, 1.807) is 6.26 Å². The van der Waals surface area contributed by atoms with E-state index >= 15 is 0 Å². The van der Waals surface area contributed by atoms with Crippen LogP contribution in [0.15, 0.2) is 39.6 Å². The Morgan fingerprint density at radius 2 is 2.00 bits per heavy atom. The Morgan fingerprint density at radius 3 is 2.54 bits per heavy atom. The van der Waals surface area contributed by atoms with Gasteiger partial charge < -0.3 is 5.73 Å². The van der Waals surface area contributed by atoms with Gasteiger partial charge in [0.25, 0.3) is 0 Å². The van der Waals surface area contributed by atoms with Gasteiger partial charge in [-0.25, -0.2) is 8.57 Å². The molecule has 1 aromatic rings. The first-order chi connectivity index (χ1) is 6.17. The van der Waals surface area contributed by atoms with Crippen molar-refractivity contribution >= 4 is 9.73 Å². The van der Waals surface area contributed by atoms with Gasteiger partial charge in [0.1, 0.15) is 0 Å². The molecular weight excluding hydrogens is 184 g/mol. The molecule has 0 bridgehead atoms. The molecule has 1 unspecified atom stereocenters. The fraction of sp³-hybridized carbons (Fsp3) is 0.333. The summed E-state index contributed by atoms with van der Waals surface area (Å²) in [6, 6.07) is 9.25. The van der Waals surface area contributed by atoms with E-state index in [1.165, 1.54) is 0 Å². The molecule has 0 aliphatic heterocycles. The Hall–Kier alpha value is -0.870. The number of hydrogen-bond acceptors (Lipinski definition) is 3. The molecule has 0 heterocycles. The van der Waals surface area contributed by atoms with Crippen LogP contribution in [0, 0.1) is 0 Å². The summed E-state index contributed by atoms with van der Waals surface area (Å²) < 4.78 is 16.0. The molecule has 0 aliphatic rings. The maximum Gasteiger partial charge on any atom is 0.0723 e. The largest absolute Gasteiger partial charge is 0.329 e. The smallest absolute Gasteiger partial charge is 0.0723 e. The molecule has 0 amide bonds. The zero-order valence-corrected chi connectivity index (χ0v) is 8.46. The first kappa shape index (κ1) is 10.2. The summed E-state index contributed by atoms with van der Waals surface area (Å²) in [4.78, 5) is 0.767. The molecule has 1 aromatic carbocycles. The molecule has 0 fully saturated rings. The molecule has 72 valence electrons. The second-order valence-corrected chi connectivity index (χ2v) is 5.09. The molecule has 0 radical (unpaired) electrons. The molecule has 13 heavy (non-hydrogen) atoms. The number of nitrogens with zero attached hydrogens (tertiary/aromatic N) is 1. The number of benzene rings is 1. The summed E-state index contributed by atoms with van der Waals surface area (Å²) in [5.41, 5.74) is 5.29. The summed E-state index contributed by atoms with van der Waals surface area (Å²) in [5.74, 6) is 0. The minimum absolute atomic E-state index is 0.442. The van der Waals surface area contributed by atoms with E-state index in [0.29, 0.717) is 13.1 Å². The molecule has 0 spiro atoms. The lowest BCUT2D eigenvalue weighted by atomic mass is 10.4. The molecule has 1 atom stereocenters. The van der Waals surface area contributed by atoms with Gasteiger partial charge in [0.15, 0.2) is 0 Å². The van der Waals surface area contributed by atoms with Crippen LogP contribution in [-0.2, 0) is 9.73 Å². The van der Waals surface area contributed by atoms with Crippen molar-refractivity contribution in [2.45, 2.75) is 4.90 Å². The third-order valence-electron chi connectivity index (χ3n) is 1.65. The highest BCUT2D eigenvalue weighted by molar-refractivity contribution is 7.93. The van der Waals surface area contributed by atoms with Crippen molar-refractivity contribution in [2.75, 3.05) is 19.3 Å². The van der Waals surface area contributed by atoms with Crippen molar-refractivity contribution in [2.24, 2.45) is 10.1 Å². The van der Waals surface area contributed by atoms with E-state index in [0.717, 1.165) is 4.90 Å². The van der Waals surface area contributed by atoms with Gasteiger partial charge in [0.05, 0.1) is 16.3 Å². The van der Waals surface area contributed by atoms with Gasteiger partial charge in [-0.1, -0.05) is 18.2 Å².